The van der Waals surface area contributed by atoms with Crippen LogP contribution in [0.3, 0.4) is 0 Å². The molecular formula is C38H43BrN2O5S. The second-order valence-electron chi connectivity index (χ2n) is 13.9. The number of piperidine rings is 1. The summed E-state index contributed by atoms with van der Waals surface area (Å²) in [6.45, 7) is 8.36. The average molecular weight is 720 g/mol. The Morgan fingerprint density at radius 2 is 2.00 bits per heavy atom. The van der Waals surface area contributed by atoms with Crippen LogP contribution in [0.15, 0.2) is 58.4 Å². The molecule has 3 aromatic rings. The van der Waals surface area contributed by atoms with Crippen molar-refractivity contribution in [3.05, 3.63) is 80.0 Å². The molecule has 2 aliphatic heterocycles. The molecule has 7 nitrogen and oxygen atoms in total. The highest BCUT2D eigenvalue weighted by Gasteiger charge is 2.67. The minimum Gasteiger partial charge on any atom is -0.493 e. The number of nitrogens with zero attached hydrogens (tertiary/aromatic N) is 2. The van der Waals surface area contributed by atoms with Crippen molar-refractivity contribution in [1.82, 2.24) is 9.80 Å². The Balaban J connectivity index is 1.29. The van der Waals surface area contributed by atoms with Crippen LogP contribution in [0.4, 0.5) is 0 Å². The van der Waals surface area contributed by atoms with E-state index in [1.807, 2.05) is 23.6 Å². The van der Waals surface area contributed by atoms with Gasteiger partial charge in [0.1, 0.15) is 11.9 Å². The molecule has 9 heteroatoms. The fourth-order valence-electron chi connectivity index (χ4n) is 9.00. The first-order valence-corrected chi connectivity index (χ1v) is 18.5. The van der Waals surface area contributed by atoms with Gasteiger partial charge in [-0.2, -0.15) is 0 Å². The molecule has 1 saturated heterocycles. The number of hydrogen-bond donors (Lipinski definition) is 0. The summed E-state index contributed by atoms with van der Waals surface area (Å²) < 4.78 is 20.0. The third-order valence-electron chi connectivity index (χ3n) is 10.7. The average Bonchev–Trinajstić information content (AvgIpc) is 3.63. The topological polar surface area (TPSA) is 68.3 Å². The maximum Gasteiger partial charge on any atom is 0.308 e. The summed E-state index contributed by atoms with van der Waals surface area (Å²) in [5, 5.41) is 2.03. The number of esters is 1. The van der Waals surface area contributed by atoms with Crippen molar-refractivity contribution < 1.29 is 23.8 Å². The maximum atomic E-state index is 14.1. The van der Waals surface area contributed by atoms with Gasteiger partial charge in [0.2, 0.25) is 5.91 Å². The van der Waals surface area contributed by atoms with Crippen LogP contribution >= 0.6 is 27.3 Å². The maximum absolute atomic E-state index is 14.1. The van der Waals surface area contributed by atoms with Crippen LogP contribution in [0.2, 0.25) is 0 Å². The van der Waals surface area contributed by atoms with Crippen LogP contribution in [0.25, 0.3) is 6.08 Å². The number of thiophene rings is 1. The SMILES string of the molecule is COc1cc(OC(C)=O)c2c3c1O[C@H]1[C@H](N(CC(C)C)C(=O)/C=C/c4cc(Br)cs4)CC[C@H]4[C@@H](C2)N(CCc2ccccc2)CC[C@@]341. The number of methoxy groups -OCH3 is 1. The van der Waals surface area contributed by atoms with Gasteiger partial charge in [-0.25, -0.2) is 0 Å². The van der Waals surface area contributed by atoms with Crippen molar-refractivity contribution in [2.45, 2.75) is 76.5 Å². The number of halogens is 1. The minimum atomic E-state index is -0.343. The van der Waals surface area contributed by atoms with Crippen molar-refractivity contribution in [3.63, 3.8) is 0 Å². The second kappa shape index (κ2) is 13.1. The van der Waals surface area contributed by atoms with Gasteiger partial charge >= 0.3 is 5.97 Å². The van der Waals surface area contributed by atoms with Crippen molar-refractivity contribution in [3.8, 4) is 17.2 Å². The molecule has 5 atom stereocenters. The van der Waals surface area contributed by atoms with Crippen molar-refractivity contribution in [1.29, 1.82) is 0 Å². The van der Waals surface area contributed by atoms with Gasteiger partial charge in [-0.1, -0.05) is 44.2 Å². The van der Waals surface area contributed by atoms with Crippen LogP contribution in [0.5, 0.6) is 17.2 Å². The molecule has 2 aromatic carbocycles. The largest absolute Gasteiger partial charge is 0.493 e. The van der Waals surface area contributed by atoms with Crippen LogP contribution in [0.1, 0.15) is 61.6 Å². The summed E-state index contributed by atoms with van der Waals surface area (Å²) in [6, 6.07) is 14.7. The second-order valence-corrected chi connectivity index (χ2v) is 15.7. The van der Waals surface area contributed by atoms with Crippen LogP contribution in [-0.4, -0.2) is 66.6 Å². The lowest BCUT2D eigenvalue weighted by Crippen LogP contribution is -2.69. The first-order chi connectivity index (χ1) is 22.7. The molecule has 1 aromatic heterocycles. The number of benzene rings is 2. The molecule has 2 bridgehead atoms. The summed E-state index contributed by atoms with van der Waals surface area (Å²) in [4.78, 5) is 32.3. The summed E-state index contributed by atoms with van der Waals surface area (Å²) in [5.41, 5.74) is 3.26. The van der Waals surface area contributed by atoms with Gasteiger partial charge in [-0.15, -0.1) is 11.3 Å². The zero-order chi connectivity index (χ0) is 32.9. The molecule has 1 amide bonds. The molecule has 0 radical (unpaired) electrons. The van der Waals surface area contributed by atoms with E-state index in [0.717, 1.165) is 71.4 Å². The zero-order valence-electron chi connectivity index (χ0n) is 27.5. The number of carbonyl (C=O) groups excluding carboxylic acids is 2. The zero-order valence-corrected chi connectivity index (χ0v) is 29.9. The highest BCUT2D eigenvalue weighted by Crippen LogP contribution is 2.65. The van der Waals surface area contributed by atoms with Gasteiger partial charge < -0.3 is 19.1 Å². The van der Waals surface area contributed by atoms with Gasteiger partial charge in [0, 0.05) is 69.5 Å². The Hall–Kier alpha value is -3.14. The highest BCUT2D eigenvalue weighted by molar-refractivity contribution is 9.10. The molecule has 0 N–H and O–H groups in total. The van der Waals surface area contributed by atoms with Gasteiger partial charge in [-0.05, 0) is 84.1 Å². The van der Waals surface area contributed by atoms with Gasteiger partial charge in [-0.3, -0.25) is 14.5 Å². The molecule has 1 saturated carbocycles. The lowest BCUT2D eigenvalue weighted by atomic mass is 9.50. The Bertz CT molecular complexity index is 1690. The quantitative estimate of drug-likeness (QED) is 0.125. The Morgan fingerprint density at radius 3 is 2.70 bits per heavy atom. The van der Waals surface area contributed by atoms with Crippen molar-refractivity contribution >= 4 is 45.2 Å². The molecule has 47 heavy (non-hydrogen) atoms. The summed E-state index contributed by atoms with van der Waals surface area (Å²) in [5.74, 6) is 2.26. The monoisotopic (exact) mass is 718 g/mol. The van der Waals surface area contributed by atoms with Crippen LogP contribution in [-0.2, 0) is 27.8 Å². The van der Waals surface area contributed by atoms with E-state index >= 15 is 0 Å². The third kappa shape index (κ3) is 5.82. The number of likely N-dealkylation sites (tertiary alicyclic amines) is 1. The number of ether oxygens (including phenoxy) is 3. The van der Waals surface area contributed by atoms with E-state index in [0.29, 0.717) is 29.9 Å². The molecule has 248 valence electrons. The van der Waals surface area contributed by atoms with E-state index in [1.54, 1.807) is 24.5 Å². The number of hydrogen-bond acceptors (Lipinski definition) is 7. The van der Waals surface area contributed by atoms with Crippen LogP contribution in [0, 0.1) is 11.8 Å². The van der Waals surface area contributed by atoms with E-state index < -0.39 is 0 Å². The molecule has 2 aliphatic carbocycles. The number of rotatable bonds is 10. The predicted molar refractivity (Wildman–Crippen MR) is 188 cm³/mol. The minimum absolute atomic E-state index is 0.0167. The summed E-state index contributed by atoms with van der Waals surface area (Å²) >= 11 is 5.14. The Kier molecular flexibility index (Phi) is 9.00. The fourth-order valence-corrected chi connectivity index (χ4v) is 10.3. The Labute approximate surface area is 290 Å². The van der Waals surface area contributed by atoms with E-state index in [4.69, 9.17) is 14.2 Å². The van der Waals surface area contributed by atoms with Gasteiger partial charge in [0.25, 0.3) is 0 Å². The molecule has 2 fully saturated rings. The molecular weight excluding hydrogens is 676 g/mol. The third-order valence-corrected chi connectivity index (χ3v) is 12.4. The van der Waals surface area contributed by atoms with Crippen molar-refractivity contribution in [2.75, 3.05) is 26.7 Å². The van der Waals surface area contributed by atoms with E-state index in [-0.39, 0.29) is 35.5 Å². The molecule has 1 spiro atoms. The highest BCUT2D eigenvalue weighted by atomic mass is 79.9. The lowest BCUT2D eigenvalue weighted by Gasteiger charge is -2.60. The predicted octanol–water partition coefficient (Wildman–Crippen LogP) is 7.29. The first kappa shape index (κ1) is 32.4. The number of amides is 1. The molecule has 0 unspecified atom stereocenters. The van der Waals surface area contributed by atoms with Crippen LogP contribution < -0.4 is 14.2 Å². The van der Waals surface area contributed by atoms with Crippen molar-refractivity contribution in [2.24, 2.45) is 11.8 Å². The van der Waals surface area contributed by atoms with E-state index in [2.05, 4.69) is 69.9 Å². The van der Waals surface area contributed by atoms with Gasteiger partial charge in [0.15, 0.2) is 11.5 Å². The van der Waals surface area contributed by atoms with E-state index in [1.165, 1.54) is 12.5 Å². The normalized spacial score (nSPS) is 25.8. The standard InChI is InChI=1S/C38H43BrN2O5S/c1-23(2)21-41(34(43)13-10-27-18-26(39)22-47-27)30-12-11-29-31-19-28-32(45-24(3)42)20-33(44-4)36-35(28)38(29,37(30)46-36)15-17-40(31)16-14-25-8-6-5-7-9-25/h5-10,13,18,20,22-23,29-31,37H,11-12,14-17,19,21H2,1-4H3/b13-10+/t29-,30+,31+,37-,38-/m0/s1. The fraction of sp³-hybridized carbons (Fsp3) is 0.474. The molecule has 3 heterocycles. The first-order valence-electron chi connectivity index (χ1n) is 16.8. The summed E-state index contributed by atoms with van der Waals surface area (Å²) in [6.07, 6.45) is 8.01. The van der Waals surface area contributed by atoms with E-state index in [9.17, 15) is 9.59 Å². The Morgan fingerprint density at radius 1 is 1.19 bits per heavy atom. The molecule has 7 rings (SSSR count). The number of carbonyl (C=O) groups is 2. The lowest BCUT2D eigenvalue weighted by molar-refractivity contribution is -0.138. The summed E-state index contributed by atoms with van der Waals surface area (Å²) in [7, 11) is 1.65. The van der Waals surface area contributed by atoms with Gasteiger partial charge in [0.05, 0.1) is 13.2 Å². The smallest absolute Gasteiger partial charge is 0.308 e. The molecule has 4 aliphatic rings.